The number of ketones is 1. The van der Waals surface area contributed by atoms with Gasteiger partial charge in [-0.25, -0.2) is 9.18 Å². The van der Waals surface area contributed by atoms with E-state index in [9.17, 15) is 18.8 Å². The maximum absolute atomic E-state index is 14.6. The molecule has 0 radical (unpaired) electrons. The molecule has 0 fully saturated rings. The number of rotatable bonds is 4. The van der Waals surface area contributed by atoms with Crippen molar-refractivity contribution in [2.24, 2.45) is 0 Å². The first-order chi connectivity index (χ1) is 15.7. The van der Waals surface area contributed by atoms with E-state index in [0.717, 1.165) is 9.14 Å². The van der Waals surface area contributed by atoms with E-state index in [1.807, 2.05) is 35.6 Å². The van der Waals surface area contributed by atoms with Crippen molar-refractivity contribution in [3.63, 3.8) is 0 Å². The SMILES string of the molecule is CC(=O)Nc1cccc(C2=C(C)CC(=O)c3c2oc(=O)c(C)c3Cc2ccc(I)cc2F)c1. The van der Waals surface area contributed by atoms with Gasteiger partial charge in [0.1, 0.15) is 11.6 Å². The van der Waals surface area contributed by atoms with Gasteiger partial charge in [0.15, 0.2) is 5.78 Å². The Morgan fingerprint density at radius 2 is 1.91 bits per heavy atom. The van der Waals surface area contributed by atoms with Crippen molar-refractivity contribution < 1.29 is 18.4 Å². The molecule has 33 heavy (non-hydrogen) atoms. The third kappa shape index (κ3) is 4.55. The molecule has 168 valence electrons. The van der Waals surface area contributed by atoms with E-state index in [-0.39, 0.29) is 36.1 Å². The van der Waals surface area contributed by atoms with Crippen molar-refractivity contribution in [2.75, 3.05) is 5.32 Å². The van der Waals surface area contributed by atoms with Crippen LogP contribution in [0.4, 0.5) is 10.1 Å². The van der Waals surface area contributed by atoms with Crippen molar-refractivity contribution in [3.05, 3.63) is 101 Å². The summed E-state index contributed by atoms with van der Waals surface area (Å²) in [6, 6.07) is 12.0. The molecular formula is C26H21FINO4. The molecular weight excluding hydrogens is 536 g/mol. The summed E-state index contributed by atoms with van der Waals surface area (Å²) in [4.78, 5) is 37.4. The van der Waals surface area contributed by atoms with Gasteiger partial charge in [-0.2, -0.15) is 0 Å². The first-order valence-electron chi connectivity index (χ1n) is 10.4. The molecule has 1 N–H and O–H groups in total. The second-order valence-corrected chi connectivity index (χ2v) is 9.37. The lowest BCUT2D eigenvalue weighted by Gasteiger charge is -2.23. The minimum atomic E-state index is -0.562. The summed E-state index contributed by atoms with van der Waals surface area (Å²) in [5.41, 5.74) is 3.63. The van der Waals surface area contributed by atoms with E-state index in [4.69, 9.17) is 4.42 Å². The molecule has 3 aromatic rings. The number of Topliss-reactive ketones (excluding diaryl/α,β-unsaturated/α-hetero) is 1. The lowest BCUT2D eigenvalue weighted by atomic mass is 9.82. The summed E-state index contributed by atoms with van der Waals surface area (Å²) in [7, 11) is 0. The van der Waals surface area contributed by atoms with Crippen LogP contribution in [0.15, 0.2) is 57.2 Å². The molecule has 1 heterocycles. The minimum Gasteiger partial charge on any atom is -0.422 e. The number of hydrogen-bond acceptors (Lipinski definition) is 4. The van der Waals surface area contributed by atoms with Crippen LogP contribution in [0, 0.1) is 16.3 Å². The second-order valence-electron chi connectivity index (χ2n) is 8.13. The van der Waals surface area contributed by atoms with E-state index in [1.54, 1.807) is 37.3 Å². The van der Waals surface area contributed by atoms with E-state index in [0.29, 0.717) is 39.1 Å². The Kier molecular flexibility index (Phi) is 6.34. The Morgan fingerprint density at radius 1 is 1.15 bits per heavy atom. The molecule has 0 saturated heterocycles. The summed E-state index contributed by atoms with van der Waals surface area (Å²) >= 11 is 2.03. The molecule has 7 heteroatoms. The standard InChI is InChI=1S/C26H21FINO4/c1-13-9-22(31)24-20(11-16-7-8-18(28)12-21(16)27)14(2)26(32)33-25(24)23(13)17-5-4-6-19(10-17)29-15(3)30/h4-8,10,12H,9,11H2,1-3H3,(H,29,30). The Hall–Kier alpha value is -3.07. The molecule has 0 atom stereocenters. The van der Waals surface area contributed by atoms with Crippen LogP contribution < -0.4 is 10.9 Å². The predicted molar refractivity (Wildman–Crippen MR) is 133 cm³/mol. The average molecular weight is 557 g/mol. The Morgan fingerprint density at radius 3 is 2.61 bits per heavy atom. The second kappa shape index (κ2) is 9.05. The molecule has 5 nitrogen and oxygen atoms in total. The monoisotopic (exact) mass is 557 g/mol. The molecule has 1 aromatic heterocycles. The van der Waals surface area contributed by atoms with Gasteiger partial charge in [0, 0.05) is 40.2 Å². The topological polar surface area (TPSA) is 76.4 Å². The van der Waals surface area contributed by atoms with Gasteiger partial charge >= 0.3 is 5.63 Å². The number of halogens is 2. The van der Waals surface area contributed by atoms with Gasteiger partial charge < -0.3 is 9.73 Å². The summed E-state index contributed by atoms with van der Waals surface area (Å²) in [6.45, 7) is 4.84. The molecule has 1 aliphatic carbocycles. The van der Waals surface area contributed by atoms with Crippen LogP contribution in [0.5, 0.6) is 0 Å². The van der Waals surface area contributed by atoms with Crippen molar-refractivity contribution in [1.82, 2.24) is 0 Å². The zero-order chi connectivity index (χ0) is 23.9. The van der Waals surface area contributed by atoms with Gasteiger partial charge in [0.2, 0.25) is 5.91 Å². The summed E-state index contributed by atoms with van der Waals surface area (Å²) < 4.78 is 21.0. The molecule has 0 aliphatic heterocycles. The fourth-order valence-electron chi connectivity index (χ4n) is 4.16. The van der Waals surface area contributed by atoms with Gasteiger partial charge in [-0.15, -0.1) is 0 Å². The number of carbonyl (C=O) groups excluding carboxylic acids is 2. The average Bonchev–Trinajstić information content (AvgIpc) is 2.72. The summed E-state index contributed by atoms with van der Waals surface area (Å²) in [6.07, 6.45) is 0.258. The Balaban J connectivity index is 1.91. The largest absolute Gasteiger partial charge is 0.422 e. The number of amides is 1. The van der Waals surface area contributed by atoms with Gasteiger partial charge in [0.25, 0.3) is 0 Å². The normalized spacial score (nSPS) is 13.2. The predicted octanol–water partition coefficient (Wildman–Crippen LogP) is 5.65. The van der Waals surface area contributed by atoms with Crippen molar-refractivity contribution in [1.29, 1.82) is 0 Å². The van der Waals surface area contributed by atoms with Crippen LogP contribution in [0.1, 0.15) is 58.6 Å². The van der Waals surface area contributed by atoms with Crippen molar-refractivity contribution in [2.45, 2.75) is 33.6 Å². The van der Waals surface area contributed by atoms with Gasteiger partial charge in [-0.1, -0.05) is 23.8 Å². The summed E-state index contributed by atoms with van der Waals surface area (Å²) in [5, 5.41) is 2.74. The van der Waals surface area contributed by atoms with Crippen LogP contribution in [0.3, 0.4) is 0 Å². The Bertz CT molecular complexity index is 1400. The van der Waals surface area contributed by atoms with E-state index < -0.39 is 5.63 Å². The maximum Gasteiger partial charge on any atom is 0.339 e. The van der Waals surface area contributed by atoms with Crippen LogP contribution >= 0.6 is 22.6 Å². The van der Waals surface area contributed by atoms with Crippen LogP contribution in [0.25, 0.3) is 5.57 Å². The van der Waals surface area contributed by atoms with E-state index >= 15 is 0 Å². The van der Waals surface area contributed by atoms with Crippen molar-refractivity contribution >= 4 is 45.5 Å². The summed E-state index contributed by atoms with van der Waals surface area (Å²) in [5.74, 6) is -0.570. The highest BCUT2D eigenvalue weighted by molar-refractivity contribution is 14.1. The third-order valence-electron chi connectivity index (χ3n) is 5.69. The molecule has 0 spiro atoms. The molecule has 0 bridgehead atoms. The lowest BCUT2D eigenvalue weighted by molar-refractivity contribution is -0.114. The number of fused-ring (bicyclic) bond motifs is 1. The zero-order valence-corrected chi connectivity index (χ0v) is 20.5. The minimum absolute atomic E-state index is 0.104. The smallest absolute Gasteiger partial charge is 0.339 e. The van der Waals surface area contributed by atoms with Crippen LogP contribution in [-0.4, -0.2) is 11.7 Å². The molecule has 1 aliphatic rings. The number of benzene rings is 2. The fraction of sp³-hybridized carbons (Fsp3) is 0.192. The van der Waals surface area contributed by atoms with E-state index in [2.05, 4.69) is 5.32 Å². The van der Waals surface area contributed by atoms with Crippen LogP contribution in [0.2, 0.25) is 0 Å². The van der Waals surface area contributed by atoms with Gasteiger partial charge in [0.05, 0.1) is 5.56 Å². The van der Waals surface area contributed by atoms with Gasteiger partial charge in [-0.3, -0.25) is 9.59 Å². The fourth-order valence-corrected chi connectivity index (χ4v) is 4.61. The quantitative estimate of drug-likeness (QED) is 0.421. The molecule has 0 unspecified atom stereocenters. The number of carbonyl (C=O) groups is 2. The molecule has 4 rings (SSSR count). The van der Waals surface area contributed by atoms with Gasteiger partial charge in [-0.05, 0) is 77.4 Å². The molecule has 0 saturated carbocycles. The number of hydrogen-bond donors (Lipinski definition) is 1. The highest BCUT2D eigenvalue weighted by Gasteiger charge is 2.31. The number of allylic oxidation sites excluding steroid dienone is 1. The number of nitrogens with one attached hydrogen (secondary N) is 1. The highest BCUT2D eigenvalue weighted by Crippen LogP contribution is 2.38. The lowest BCUT2D eigenvalue weighted by Crippen LogP contribution is -2.21. The zero-order valence-electron chi connectivity index (χ0n) is 18.3. The third-order valence-corrected chi connectivity index (χ3v) is 6.37. The van der Waals surface area contributed by atoms with E-state index in [1.165, 1.54) is 13.0 Å². The molecule has 1 amide bonds. The molecule has 2 aromatic carbocycles. The highest BCUT2D eigenvalue weighted by atomic mass is 127. The maximum atomic E-state index is 14.6. The first kappa shape index (κ1) is 23.1. The number of anilines is 1. The van der Waals surface area contributed by atoms with Crippen molar-refractivity contribution in [3.8, 4) is 0 Å². The van der Waals surface area contributed by atoms with Crippen LogP contribution in [-0.2, 0) is 11.2 Å². The Labute approximate surface area is 203 Å². The first-order valence-corrected chi connectivity index (χ1v) is 11.5.